The molecule has 0 aliphatic rings. The van der Waals surface area contributed by atoms with E-state index in [9.17, 15) is 87.1 Å². The van der Waals surface area contributed by atoms with Crippen LogP contribution in [-0.4, -0.2) is 53.8 Å². The molecule has 0 saturated heterocycles. The lowest BCUT2D eigenvalue weighted by atomic mass is 10.1. The summed E-state index contributed by atoms with van der Waals surface area (Å²) in [6.45, 7) is -0.499. The van der Waals surface area contributed by atoms with E-state index in [2.05, 4.69) is 18.9 Å². The van der Waals surface area contributed by atoms with Gasteiger partial charge in [0.15, 0.2) is 67.8 Å². The Morgan fingerprint density at radius 2 is 0.695 bits per heavy atom. The number of hydrogen-bond acceptors (Lipinski definition) is 10. The fraction of sp³-hybridized carbons (Fsp3) is 0.161. The molecule has 0 spiro atoms. The first-order valence-electron chi connectivity index (χ1n) is 14.9. The largest absolute Gasteiger partial charge is 0.493 e. The molecule has 0 saturated carbocycles. The smallest absolute Gasteiger partial charge is 0.437 e. The van der Waals surface area contributed by atoms with E-state index in [0.717, 1.165) is 24.3 Å². The van der Waals surface area contributed by atoms with Crippen molar-refractivity contribution in [2.24, 2.45) is 10.3 Å². The van der Waals surface area contributed by atoms with Gasteiger partial charge in [-0.2, -0.15) is 43.2 Å². The van der Waals surface area contributed by atoms with E-state index >= 15 is 0 Å². The van der Waals surface area contributed by atoms with Crippen molar-refractivity contribution in [3.05, 3.63) is 118 Å². The molecule has 0 heterocycles. The number of benzene rings is 4. The van der Waals surface area contributed by atoms with Crippen LogP contribution >= 0.6 is 0 Å². The highest BCUT2D eigenvalue weighted by molar-refractivity contribution is 7.87. The van der Waals surface area contributed by atoms with Crippen molar-refractivity contribution < 1.29 is 105 Å². The lowest BCUT2D eigenvalue weighted by molar-refractivity contribution is -0.0606. The lowest BCUT2D eigenvalue weighted by Gasteiger charge is -2.13. The molecule has 4 rings (SSSR count). The monoisotopic (exact) mass is 910 g/mol. The van der Waals surface area contributed by atoms with Crippen molar-refractivity contribution in [1.29, 1.82) is 0 Å². The van der Waals surface area contributed by atoms with Gasteiger partial charge >= 0.3 is 32.6 Å². The van der Waals surface area contributed by atoms with Crippen LogP contribution in [0.1, 0.15) is 17.5 Å². The standard InChI is InChI=1S/C31H14F16N2O8S2/c32-16-18(34)22(38)26(23(39)19(16)35)58(50,51)56-48-28(30(42,43)44)12-2-6-14(7-3-12)54-10-1-11-55-15-8-4-13(5-9-15)29(31(45,46)47)49-57-59(52,53)27-24(40)20(36)17(33)21(37)25(27)41/h2-9H,1,10-11H2/b48-28-,49-29-. The zero-order chi connectivity index (χ0) is 44.4. The maximum absolute atomic E-state index is 13.9. The van der Waals surface area contributed by atoms with Crippen molar-refractivity contribution in [3.8, 4) is 11.5 Å². The molecule has 0 N–H and O–H groups in total. The number of nitrogens with zero attached hydrogens (tertiary/aromatic N) is 2. The van der Waals surface area contributed by atoms with E-state index in [0.29, 0.717) is 24.3 Å². The molecule has 0 amide bonds. The van der Waals surface area contributed by atoms with E-state index in [-0.39, 0.29) is 31.1 Å². The van der Waals surface area contributed by atoms with E-state index < -0.39 is 123 Å². The second-order valence-corrected chi connectivity index (χ2v) is 13.8. The van der Waals surface area contributed by atoms with Gasteiger partial charge < -0.3 is 9.47 Å². The number of alkyl halides is 6. The topological polar surface area (TPSA) is 130 Å². The van der Waals surface area contributed by atoms with Crippen LogP contribution < -0.4 is 9.47 Å². The third-order valence-electron chi connectivity index (χ3n) is 6.91. The van der Waals surface area contributed by atoms with Gasteiger partial charge in [0, 0.05) is 17.5 Å². The minimum absolute atomic E-state index is 0.0270. The number of hydrogen-bond donors (Lipinski definition) is 0. The van der Waals surface area contributed by atoms with Crippen molar-refractivity contribution >= 4 is 31.7 Å². The zero-order valence-corrected chi connectivity index (χ0v) is 29.4. The second kappa shape index (κ2) is 17.2. The minimum atomic E-state index is -6.17. The van der Waals surface area contributed by atoms with Gasteiger partial charge in [0.1, 0.15) is 11.5 Å². The SMILES string of the molecule is O=S(=O)(O/N=C(/c1ccc(OCCCOc2ccc(/C(=N/OS(=O)(=O)c3c(F)c(F)c(F)c(F)c3F)C(F)(F)F)cc2)cc1)C(F)(F)F)c1c(F)c(F)c(F)c(F)c1F. The molecule has 4 aromatic carbocycles. The highest BCUT2D eigenvalue weighted by Gasteiger charge is 2.42. The van der Waals surface area contributed by atoms with Gasteiger partial charge in [-0.05, 0) is 48.5 Å². The Bertz CT molecular complexity index is 2300. The van der Waals surface area contributed by atoms with E-state index in [1.54, 1.807) is 0 Å². The van der Waals surface area contributed by atoms with Crippen LogP contribution in [0.5, 0.6) is 11.5 Å². The highest BCUT2D eigenvalue weighted by Crippen LogP contribution is 2.32. The van der Waals surface area contributed by atoms with E-state index in [1.807, 2.05) is 0 Å². The third-order valence-corrected chi connectivity index (χ3v) is 9.17. The van der Waals surface area contributed by atoms with Crippen LogP contribution in [0.4, 0.5) is 70.2 Å². The summed E-state index contributed by atoms with van der Waals surface area (Å²) < 4.78 is 284. The molecular weight excluding hydrogens is 896 g/mol. The predicted molar refractivity (Wildman–Crippen MR) is 163 cm³/mol. The molecule has 0 atom stereocenters. The number of rotatable bonds is 14. The molecule has 4 aromatic rings. The van der Waals surface area contributed by atoms with Crippen LogP contribution in [0.15, 0.2) is 68.6 Å². The van der Waals surface area contributed by atoms with Gasteiger partial charge in [-0.1, -0.05) is 10.3 Å². The summed E-state index contributed by atoms with van der Waals surface area (Å²) in [4.78, 5) is -5.23. The van der Waals surface area contributed by atoms with Crippen molar-refractivity contribution in [2.75, 3.05) is 13.2 Å². The van der Waals surface area contributed by atoms with Gasteiger partial charge in [-0.3, -0.25) is 8.57 Å². The quantitative estimate of drug-likeness (QED) is 0.0309. The molecule has 0 bridgehead atoms. The summed E-state index contributed by atoms with van der Waals surface area (Å²) in [5.41, 5.74) is -6.19. The van der Waals surface area contributed by atoms with Crippen molar-refractivity contribution in [1.82, 2.24) is 0 Å². The summed E-state index contributed by atoms with van der Waals surface area (Å²) in [5.74, 6) is -28.5. The molecule has 0 fully saturated rings. The molecular formula is C31H14F16N2O8S2. The number of oxime groups is 2. The van der Waals surface area contributed by atoms with Gasteiger partial charge in [0.25, 0.3) is 0 Å². The molecule has 0 radical (unpaired) electrons. The Balaban J connectivity index is 1.38. The van der Waals surface area contributed by atoms with Gasteiger partial charge in [-0.25, -0.2) is 43.9 Å². The van der Waals surface area contributed by atoms with Crippen molar-refractivity contribution in [3.63, 3.8) is 0 Å². The summed E-state index contributed by atoms with van der Waals surface area (Å²) in [7, 11) is -12.3. The summed E-state index contributed by atoms with van der Waals surface area (Å²) in [6, 6.07) is 6.11. The Labute approximate surface area is 318 Å². The molecule has 0 aliphatic carbocycles. The molecule has 10 nitrogen and oxygen atoms in total. The number of ether oxygens (including phenoxy) is 2. The normalized spacial score (nSPS) is 13.1. The third kappa shape index (κ3) is 10.1. The van der Waals surface area contributed by atoms with E-state index in [1.165, 1.54) is 0 Å². The molecule has 0 unspecified atom stereocenters. The summed E-state index contributed by atoms with van der Waals surface area (Å²) in [6.07, 6.45) is -11.1. The Morgan fingerprint density at radius 1 is 0.441 bits per heavy atom. The fourth-order valence-electron chi connectivity index (χ4n) is 4.25. The van der Waals surface area contributed by atoms with Gasteiger partial charge in [0.2, 0.25) is 11.6 Å². The fourth-order valence-corrected chi connectivity index (χ4v) is 5.98. The Morgan fingerprint density at radius 3 is 0.949 bits per heavy atom. The first kappa shape index (κ1) is 45.9. The molecule has 320 valence electrons. The van der Waals surface area contributed by atoms with Crippen LogP contribution in [0.3, 0.4) is 0 Å². The minimum Gasteiger partial charge on any atom is -0.493 e. The molecule has 59 heavy (non-hydrogen) atoms. The predicted octanol–water partition coefficient (Wildman–Crippen LogP) is 8.27. The van der Waals surface area contributed by atoms with Crippen LogP contribution in [0, 0.1) is 58.2 Å². The lowest BCUT2D eigenvalue weighted by Crippen LogP contribution is -2.25. The average Bonchev–Trinajstić information content (AvgIpc) is 3.14. The Kier molecular flexibility index (Phi) is 13.4. The Hall–Kier alpha value is -5.80. The van der Waals surface area contributed by atoms with Gasteiger partial charge in [0.05, 0.1) is 13.2 Å². The first-order valence-corrected chi connectivity index (χ1v) is 17.7. The van der Waals surface area contributed by atoms with Gasteiger partial charge in [-0.15, -0.1) is 0 Å². The van der Waals surface area contributed by atoms with Crippen LogP contribution in [0.25, 0.3) is 0 Å². The van der Waals surface area contributed by atoms with Crippen molar-refractivity contribution in [2.45, 2.75) is 28.6 Å². The van der Waals surface area contributed by atoms with E-state index in [4.69, 9.17) is 9.47 Å². The average molecular weight is 911 g/mol. The summed E-state index contributed by atoms with van der Waals surface area (Å²) >= 11 is 0. The first-order chi connectivity index (χ1) is 27.2. The molecule has 0 aromatic heterocycles. The highest BCUT2D eigenvalue weighted by atomic mass is 32.2. The molecule has 0 aliphatic heterocycles. The molecule has 28 heteroatoms. The zero-order valence-electron chi connectivity index (χ0n) is 27.8. The van der Waals surface area contributed by atoms with Crippen LogP contribution in [0.2, 0.25) is 0 Å². The maximum Gasteiger partial charge on any atom is 0.437 e. The summed E-state index contributed by atoms with van der Waals surface area (Å²) in [5, 5.41) is 4.63. The van der Waals surface area contributed by atoms with Crippen LogP contribution in [-0.2, 0) is 28.8 Å². The maximum atomic E-state index is 13.9. The second-order valence-electron chi connectivity index (χ2n) is 10.8. The number of halogens is 16.